The van der Waals surface area contributed by atoms with Gasteiger partial charge in [0.1, 0.15) is 5.75 Å². The van der Waals surface area contributed by atoms with Gasteiger partial charge in [0.15, 0.2) is 15.0 Å². The van der Waals surface area contributed by atoms with Crippen LogP contribution in [0.25, 0.3) is 10.2 Å². The molecule has 0 unspecified atom stereocenters. The smallest absolute Gasteiger partial charge is 0.244 e. The molecule has 3 aromatic rings. The summed E-state index contributed by atoms with van der Waals surface area (Å²) in [6.07, 6.45) is 0.720. The molecular weight excluding hydrogens is 430 g/mol. The third kappa shape index (κ3) is 5.70. The molecule has 8 heteroatoms. The molecule has 0 radical (unpaired) electrons. The molecule has 0 saturated carbocycles. The molecule has 31 heavy (non-hydrogen) atoms. The number of fused-ring (bicyclic) bond motifs is 1. The maximum Gasteiger partial charge on any atom is 0.244 e. The predicted octanol–water partition coefficient (Wildman–Crippen LogP) is 3.98. The van der Waals surface area contributed by atoms with E-state index in [1.54, 1.807) is 24.3 Å². The fourth-order valence-electron chi connectivity index (χ4n) is 3.22. The van der Waals surface area contributed by atoms with Crippen LogP contribution in [0.1, 0.15) is 23.1 Å². The van der Waals surface area contributed by atoms with Crippen LogP contribution in [0.2, 0.25) is 0 Å². The summed E-state index contributed by atoms with van der Waals surface area (Å²) in [5.41, 5.74) is 4.09. The molecule has 0 aliphatic heterocycles. The molecular formula is C23H29N3O3S2. The Morgan fingerprint density at radius 2 is 1.65 bits per heavy atom. The number of amides is 1. The van der Waals surface area contributed by atoms with E-state index in [0.717, 1.165) is 39.9 Å². The Labute approximate surface area is 188 Å². The molecule has 1 heterocycles. The first kappa shape index (κ1) is 23.4. The van der Waals surface area contributed by atoms with Crippen molar-refractivity contribution in [1.82, 2.24) is 9.88 Å². The number of sulfone groups is 1. The van der Waals surface area contributed by atoms with Crippen LogP contribution >= 0.6 is 11.3 Å². The summed E-state index contributed by atoms with van der Waals surface area (Å²) in [4.78, 5) is 21.6. The Morgan fingerprint density at radius 3 is 2.29 bits per heavy atom. The molecule has 6 nitrogen and oxygen atoms in total. The summed E-state index contributed by atoms with van der Waals surface area (Å²) in [5, 5.41) is 0.544. The number of carbonyl (C=O) groups excluding carboxylic acids is 1. The number of anilines is 1. The number of hydrogen-bond donors (Lipinski definition) is 0. The van der Waals surface area contributed by atoms with E-state index in [1.165, 1.54) is 16.2 Å². The summed E-state index contributed by atoms with van der Waals surface area (Å²) in [6.45, 7) is 7.17. The van der Waals surface area contributed by atoms with E-state index in [2.05, 4.69) is 11.1 Å². The van der Waals surface area contributed by atoms with Crippen LogP contribution in [0.15, 0.2) is 41.3 Å². The highest BCUT2D eigenvalue weighted by molar-refractivity contribution is 7.92. The van der Waals surface area contributed by atoms with Crippen molar-refractivity contribution in [3.8, 4) is 0 Å². The third-order valence-corrected chi connectivity index (χ3v) is 7.86. The number of nitrogens with zero attached hydrogens (tertiary/aromatic N) is 3. The van der Waals surface area contributed by atoms with Crippen molar-refractivity contribution in [3.63, 3.8) is 0 Å². The second-order valence-electron chi connectivity index (χ2n) is 8.17. The Balaban J connectivity index is 1.90. The van der Waals surface area contributed by atoms with Crippen molar-refractivity contribution in [2.24, 2.45) is 0 Å². The predicted molar refractivity (Wildman–Crippen MR) is 128 cm³/mol. The minimum atomic E-state index is -3.74. The van der Waals surface area contributed by atoms with E-state index in [9.17, 15) is 13.2 Å². The molecule has 0 spiro atoms. The summed E-state index contributed by atoms with van der Waals surface area (Å²) < 4.78 is 26.7. The lowest BCUT2D eigenvalue weighted by Crippen LogP contribution is -2.37. The van der Waals surface area contributed by atoms with Gasteiger partial charge in [-0.1, -0.05) is 29.0 Å². The maximum absolute atomic E-state index is 13.2. The van der Waals surface area contributed by atoms with E-state index in [-0.39, 0.29) is 4.90 Å². The first-order valence-electron chi connectivity index (χ1n) is 10.2. The lowest BCUT2D eigenvalue weighted by Gasteiger charge is -2.21. The zero-order valence-corrected chi connectivity index (χ0v) is 20.3. The zero-order valence-electron chi connectivity index (χ0n) is 18.7. The van der Waals surface area contributed by atoms with Crippen LogP contribution in [0.3, 0.4) is 0 Å². The molecule has 0 bridgehead atoms. The van der Waals surface area contributed by atoms with Crippen molar-refractivity contribution >= 4 is 42.4 Å². The molecule has 3 rings (SSSR count). The number of carbonyl (C=O) groups is 1. The van der Waals surface area contributed by atoms with Gasteiger partial charge in [-0.2, -0.15) is 0 Å². The van der Waals surface area contributed by atoms with Crippen molar-refractivity contribution < 1.29 is 13.2 Å². The maximum atomic E-state index is 13.2. The standard InChI is InChI=1S/C23H29N3O3S2/c1-16-7-9-19(10-8-16)31(28,29)15-22(27)26(12-6-11-25(4)5)23-24-20-13-17(2)18(3)14-21(20)30-23/h7-10,13-14H,6,11-12,15H2,1-5H3. The van der Waals surface area contributed by atoms with Crippen LogP contribution < -0.4 is 4.90 Å². The van der Waals surface area contributed by atoms with Crippen LogP contribution in [-0.4, -0.2) is 57.1 Å². The third-order valence-electron chi connectivity index (χ3n) is 5.21. The number of rotatable bonds is 8. The molecule has 0 atom stereocenters. The molecule has 2 aromatic carbocycles. The minimum Gasteiger partial charge on any atom is -0.309 e. The first-order chi connectivity index (χ1) is 14.6. The average molecular weight is 460 g/mol. The SMILES string of the molecule is Cc1ccc(S(=O)(=O)CC(=O)N(CCCN(C)C)c2nc3cc(C)c(C)cc3s2)cc1. The number of thiazole rings is 1. The van der Waals surface area contributed by atoms with E-state index < -0.39 is 21.5 Å². The average Bonchev–Trinajstić information content (AvgIpc) is 3.07. The molecule has 1 amide bonds. The molecule has 0 saturated heterocycles. The van der Waals surface area contributed by atoms with Gasteiger partial charge in [0.2, 0.25) is 5.91 Å². The fraction of sp³-hybridized carbons (Fsp3) is 0.391. The van der Waals surface area contributed by atoms with Gasteiger partial charge in [0.05, 0.1) is 15.1 Å². The molecule has 0 N–H and O–H groups in total. The first-order valence-corrected chi connectivity index (χ1v) is 12.7. The van der Waals surface area contributed by atoms with Crippen molar-refractivity contribution in [2.45, 2.75) is 32.1 Å². The highest BCUT2D eigenvalue weighted by Crippen LogP contribution is 2.31. The van der Waals surface area contributed by atoms with Gasteiger partial charge in [-0.3, -0.25) is 9.69 Å². The number of aromatic nitrogens is 1. The van der Waals surface area contributed by atoms with Gasteiger partial charge in [0.25, 0.3) is 0 Å². The molecule has 0 aliphatic carbocycles. The van der Waals surface area contributed by atoms with E-state index in [1.807, 2.05) is 45.8 Å². The second-order valence-corrected chi connectivity index (χ2v) is 11.2. The van der Waals surface area contributed by atoms with Crippen LogP contribution in [0, 0.1) is 20.8 Å². The lowest BCUT2D eigenvalue weighted by atomic mass is 10.1. The lowest BCUT2D eigenvalue weighted by molar-refractivity contribution is -0.116. The summed E-state index contributed by atoms with van der Waals surface area (Å²) in [5.74, 6) is -1.03. The fourth-order valence-corrected chi connectivity index (χ4v) is 5.51. The largest absolute Gasteiger partial charge is 0.309 e. The molecule has 0 fully saturated rings. The van der Waals surface area contributed by atoms with Crippen molar-refractivity contribution in [2.75, 3.05) is 37.8 Å². The van der Waals surface area contributed by atoms with Gasteiger partial charge >= 0.3 is 0 Å². The van der Waals surface area contributed by atoms with Gasteiger partial charge < -0.3 is 4.90 Å². The minimum absolute atomic E-state index is 0.162. The van der Waals surface area contributed by atoms with Gasteiger partial charge in [-0.05, 0) is 83.2 Å². The molecule has 0 aliphatic rings. The van der Waals surface area contributed by atoms with E-state index in [0.29, 0.717) is 11.7 Å². The molecule has 1 aromatic heterocycles. The highest BCUT2D eigenvalue weighted by Gasteiger charge is 2.26. The normalized spacial score (nSPS) is 11.9. The van der Waals surface area contributed by atoms with E-state index in [4.69, 9.17) is 0 Å². The van der Waals surface area contributed by atoms with Crippen LogP contribution in [0.4, 0.5) is 5.13 Å². The highest BCUT2D eigenvalue weighted by atomic mass is 32.2. The topological polar surface area (TPSA) is 70.6 Å². The van der Waals surface area contributed by atoms with Gasteiger partial charge in [0, 0.05) is 6.54 Å². The van der Waals surface area contributed by atoms with Crippen molar-refractivity contribution in [1.29, 1.82) is 0 Å². The quantitative estimate of drug-likeness (QED) is 0.510. The summed E-state index contributed by atoms with van der Waals surface area (Å²) >= 11 is 1.42. The number of benzene rings is 2. The van der Waals surface area contributed by atoms with E-state index >= 15 is 0 Å². The van der Waals surface area contributed by atoms with Crippen LogP contribution in [-0.2, 0) is 14.6 Å². The zero-order chi connectivity index (χ0) is 22.8. The summed E-state index contributed by atoms with van der Waals surface area (Å²) in [7, 11) is 0.200. The summed E-state index contributed by atoms with van der Waals surface area (Å²) in [6, 6.07) is 10.7. The number of aryl methyl sites for hydroxylation is 3. The van der Waals surface area contributed by atoms with Gasteiger partial charge in [-0.25, -0.2) is 13.4 Å². The Hall–Kier alpha value is -2.29. The Kier molecular flexibility index (Phi) is 7.13. The van der Waals surface area contributed by atoms with Crippen molar-refractivity contribution in [3.05, 3.63) is 53.1 Å². The van der Waals surface area contributed by atoms with Crippen LogP contribution in [0.5, 0.6) is 0 Å². The monoisotopic (exact) mass is 459 g/mol. The Bertz CT molecular complexity index is 1140. The number of hydrogen-bond acceptors (Lipinski definition) is 6. The van der Waals surface area contributed by atoms with Gasteiger partial charge in [-0.15, -0.1) is 0 Å². The molecule has 166 valence electrons. The Morgan fingerprint density at radius 1 is 1.00 bits per heavy atom. The second kappa shape index (κ2) is 9.46.